The molecule has 0 radical (unpaired) electrons. The molecule has 1 atom stereocenters. The van der Waals surface area contributed by atoms with Crippen LogP contribution in [0.4, 0.5) is 0 Å². The predicted octanol–water partition coefficient (Wildman–Crippen LogP) is 3.53. The number of likely N-dealkylation sites (tertiary alicyclic amines) is 1. The Bertz CT molecular complexity index is 1730. The van der Waals surface area contributed by atoms with Crippen molar-refractivity contribution in [1.82, 2.24) is 28.6 Å². The Hall–Kier alpha value is -4.70. The van der Waals surface area contributed by atoms with E-state index < -0.39 is 5.97 Å². The van der Waals surface area contributed by atoms with Gasteiger partial charge in [0.25, 0.3) is 0 Å². The van der Waals surface area contributed by atoms with Crippen molar-refractivity contribution in [2.75, 3.05) is 20.2 Å². The molecule has 6 rings (SSSR count). The van der Waals surface area contributed by atoms with Crippen molar-refractivity contribution in [2.45, 2.75) is 19.0 Å². The molecular weight excluding hydrogens is 496 g/mol. The summed E-state index contributed by atoms with van der Waals surface area (Å²) in [6.07, 6.45) is 6.25. The van der Waals surface area contributed by atoms with Gasteiger partial charge in [-0.3, -0.25) is 14.0 Å². The Labute approximate surface area is 224 Å². The van der Waals surface area contributed by atoms with Gasteiger partial charge in [-0.25, -0.2) is 19.6 Å². The molecule has 1 N–H and O–H groups in total. The first-order chi connectivity index (χ1) is 18.9. The lowest BCUT2D eigenvalue weighted by Crippen LogP contribution is -2.29. The number of benzene rings is 2. The Morgan fingerprint density at radius 1 is 1.10 bits per heavy atom. The van der Waals surface area contributed by atoms with Crippen LogP contribution in [-0.2, 0) is 18.3 Å². The summed E-state index contributed by atoms with van der Waals surface area (Å²) in [5.74, 6) is 0.587. The number of fused-ring (bicyclic) bond motifs is 1. The largest absolute Gasteiger partial charge is 0.507 e. The molecule has 1 aliphatic rings. The third-order valence-corrected chi connectivity index (χ3v) is 7.39. The van der Waals surface area contributed by atoms with E-state index in [-0.39, 0.29) is 17.5 Å². The monoisotopic (exact) mass is 524 g/mol. The van der Waals surface area contributed by atoms with Crippen LogP contribution in [0.25, 0.3) is 28.0 Å². The van der Waals surface area contributed by atoms with E-state index >= 15 is 0 Å². The summed E-state index contributed by atoms with van der Waals surface area (Å²) < 4.78 is 10.2. The summed E-state index contributed by atoms with van der Waals surface area (Å²) in [6.45, 7) is 2.29. The van der Waals surface area contributed by atoms with Crippen LogP contribution in [0.5, 0.6) is 5.75 Å². The van der Waals surface area contributed by atoms with Gasteiger partial charge >= 0.3 is 11.7 Å². The summed E-state index contributed by atoms with van der Waals surface area (Å²) >= 11 is 0. The number of aryl methyl sites for hydroxylation is 1. The van der Waals surface area contributed by atoms with E-state index in [1.807, 2.05) is 36.0 Å². The molecular formula is C29H28N6O4. The van der Waals surface area contributed by atoms with Gasteiger partial charge in [0.1, 0.15) is 11.6 Å². The number of hydrogen-bond acceptors (Lipinski definition) is 7. The molecule has 1 aliphatic heterocycles. The van der Waals surface area contributed by atoms with Gasteiger partial charge in [0.2, 0.25) is 0 Å². The second-order valence-corrected chi connectivity index (χ2v) is 9.74. The zero-order valence-electron chi connectivity index (χ0n) is 21.7. The summed E-state index contributed by atoms with van der Waals surface area (Å²) in [6, 6.07) is 15.6. The molecule has 198 valence electrons. The van der Waals surface area contributed by atoms with Crippen LogP contribution in [0, 0.1) is 0 Å². The lowest BCUT2D eigenvalue weighted by atomic mass is 10.0. The van der Waals surface area contributed by atoms with Crippen molar-refractivity contribution in [3.63, 3.8) is 0 Å². The Morgan fingerprint density at radius 2 is 1.92 bits per heavy atom. The molecule has 1 saturated heterocycles. The van der Waals surface area contributed by atoms with Crippen molar-refractivity contribution in [3.8, 4) is 22.6 Å². The lowest BCUT2D eigenvalue weighted by Gasteiger charge is -2.16. The minimum atomic E-state index is -0.424. The number of carbonyl (C=O) groups excluding carboxylic acids is 1. The van der Waals surface area contributed by atoms with Crippen molar-refractivity contribution in [3.05, 3.63) is 95.1 Å². The zero-order valence-corrected chi connectivity index (χ0v) is 21.7. The third-order valence-electron chi connectivity index (χ3n) is 7.39. The minimum absolute atomic E-state index is 0.0251. The minimum Gasteiger partial charge on any atom is -0.507 e. The Balaban J connectivity index is 1.33. The highest BCUT2D eigenvalue weighted by atomic mass is 16.5. The predicted molar refractivity (Wildman–Crippen MR) is 146 cm³/mol. The smallest absolute Gasteiger partial charge is 0.337 e. The first-order valence-corrected chi connectivity index (χ1v) is 12.7. The second-order valence-electron chi connectivity index (χ2n) is 9.74. The van der Waals surface area contributed by atoms with Crippen LogP contribution in [0.2, 0.25) is 0 Å². The molecule has 3 aromatic heterocycles. The van der Waals surface area contributed by atoms with Gasteiger partial charge in [0.15, 0.2) is 5.65 Å². The highest BCUT2D eigenvalue weighted by Crippen LogP contribution is 2.33. The quantitative estimate of drug-likeness (QED) is 0.339. The molecule has 1 fully saturated rings. The van der Waals surface area contributed by atoms with Crippen LogP contribution >= 0.6 is 0 Å². The SMILES string of the molecule is COC(=O)c1ccc(-c2ccc(-n3c(=O)n([C@H]4CCN(Cc5nccn5C)C4)c4ncccc43)cc2O)cc1. The highest BCUT2D eigenvalue weighted by molar-refractivity contribution is 5.90. The van der Waals surface area contributed by atoms with Crippen molar-refractivity contribution in [2.24, 2.45) is 7.05 Å². The van der Waals surface area contributed by atoms with E-state index in [0.29, 0.717) is 34.5 Å². The molecule has 10 nitrogen and oxygen atoms in total. The number of hydrogen-bond donors (Lipinski definition) is 1. The number of aromatic nitrogens is 5. The molecule has 0 aliphatic carbocycles. The number of methoxy groups -OCH3 is 1. The Kier molecular flexibility index (Phi) is 6.24. The van der Waals surface area contributed by atoms with E-state index in [4.69, 9.17) is 4.74 Å². The number of pyridine rings is 1. The number of imidazole rings is 2. The highest BCUT2D eigenvalue weighted by Gasteiger charge is 2.29. The fraction of sp³-hybridized carbons (Fsp3) is 0.241. The van der Waals surface area contributed by atoms with Gasteiger partial charge in [0.05, 0.1) is 36.5 Å². The van der Waals surface area contributed by atoms with Crippen LogP contribution < -0.4 is 5.69 Å². The van der Waals surface area contributed by atoms with Crippen molar-refractivity contribution >= 4 is 17.1 Å². The third kappa shape index (κ3) is 4.38. The number of esters is 1. The van der Waals surface area contributed by atoms with E-state index in [1.165, 1.54) is 7.11 Å². The molecule has 0 unspecified atom stereocenters. The maximum absolute atomic E-state index is 13.9. The summed E-state index contributed by atoms with van der Waals surface area (Å²) in [4.78, 5) is 36.9. The number of ether oxygens (including phenoxy) is 1. The fourth-order valence-corrected chi connectivity index (χ4v) is 5.35. The molecule has 0 saturated carbocycles. The number of nitrogens with zero attached hydrogens (tertiary/aromatic N) is 6. The number of phenolic OH excluding ortho intramolecular Hbond substituents is 1. The second kappa shape index (κ2) is 9.88. The lowest BCUT2D eigenvalue weighted by molar-refractivity contribution is 0.0600. The molecule has 39 heavy (non-hydrogen) atoms. The fourth-order valence-electron chi connectivity index (χ4n) is 5.35. The normalized spacial score (nSPS) is 15.7. The first kappa shape index (κ1) is 24.6. The maximum atomic E-state index is 13.9. The van der Waals surface area contributed by atoms with Crippen LogP contribution in [-0.4, -0.2) is 59.8 Å². The summed E-state index contributed by atoms with van der Waals surface area (Å²) in [5.41, 5.74) is 3.41. The molecule has 10 heteroatoms. The van der Waals surface area contributed by atoms with Gasteiger partial charge in [-0.2, -0.15) is 0 Å². The molecule has 0 amide bonds. The van der Waals surface area contributed by atoms with Crippen LogP contribution in [0.1, 0.15) is 28.6 Å². The molecule has 5 aromatic rings. The molecule has 0 spiro atoms. The summed E-state index contributed by atoms with van der Waals surface area (Å²) in [5, 5.41) is 10.9. The average Bonchev–Trinajstić information content (AvgIpc) is 3.65. The maximum Gasteiger partial charge on any atom is 0.337 e. The average molecular weight is 525 g/mol. The van der Waals surface area contributed by atoms with Gasteiger partial charge in [-0.15, -0.1) is 0 Å². The number of carbonyl (C=O) groups is 1. The number of aromatic hydroxyl groups is 1. The van der Waals surface area contributed by atoms with Gasteiger partial charge in [-0.05, 0) is 48.4 Å². The van der Waals surface area contributed by atoms with E-state index in [1.54, 1.807) is 57.9 Å². The summed E-state index contributed by atoms with van der Waals surface area (Å²) in [7, 11) is 3.32. The number of rotatable bonds is 6. The van der Waals surface area contributed by atoms with Crippen LogP contribution in [0.3, 0.4) is 0 Å². The van der Waals surface area contributed by atoms with E-state index in [9.17, 15) is 14.7 Å². The standard InChI is InChI=1S/C29H28N6O4/c1-32-15-13-30-26(32)18-33-14-11-22(17-33)35-27-24(4-3-12-31-27)34(29(35)38)21-9-10-23(25(36)16-21)19-5-7-20(8-6-19)28(37)39-2/h3-10,12-13,15-16,22,36H,11,14,17-18H2,1-2H3/t22-/m0/s1. The van der Waals surface area contributed by atoms with Gasteiger partial charge in [0, 0.05) is 50.4 Å². The zero-order chi connectivity index (χ0) is 27.1. The van der Waals surface area contributed by atoms with Gasteiger partial charge < -0.3 is 14.4 Å². The van der Waals surface area contributed by atoms with Crippen LogP contribution in [0.15, 0.2) is 78.0 Å². The molecule has 2 aromatic carbocycles. The van der Waals surface area contributed by atoms with E-state index in [0.717, 1.165) is 30.9 Å². The molecule has 4 heterocycles. The van der Waals surface area contributed by atoms with Crippen molar-refractivity contribution in [1.29, 1.82) is 0 Å². The molecule has 0 bridgehead atoms. The van der Waals surface area contributed by atoms with Crippen molar-refractivity contribution < 1.29 is 14.6 Å². The first-order valence-electron chi connectivity index (χ1n) is 12.7. The van der Waals surface area contributed by atoms with Gasteiger partial charge in [-0.1, -0.05) is 12.1 Å². The topological polar surface area (TPSA) is 107 Å². The van der Waals surface area contributed by atoms with E-state index in [2.05, 4.69) is 14.9 Å². The Morgan fingerprint density at radius 3 is 2.64 bits per heavy atom. The number of phenols is 1.